The lowest BCUT2D eigenvalue weighted by atomic mass is 9.94. The van der Waals surface area contributed by atoms with Crippen molar-refractivity contribution in [3.8, 4) is 0 Å². The molecule has 0 saturated heterocycles. The molecule has 2 aromatic rings. The highest BCUT2D eigenvalue weighted by Crippen LogP contribution is 2.39. The van der Waals surface area contributed by atoms with E-state index in [-0.39, 0.29) is 12.1 Å². The minimum atomic E-state index is -4.12. The smallest absolute Gasteiger partial charge is 0.305 e. The van der Waals surface area contributed by atoms with Crippen molar-refractivity contribution < 1.29 is 17.6 Å². The van der Waals surface area contributed by atoms with Gasteiger partial charge in [0.15, 0.2) is 0 Å². The van der Waals surface area contributed by atoms with Crippen LogP contribution in [0.25, 0.3) is 10.8 Å². The summed E-state index contributed by atoms with van der Waals surface area (Å²) in [4.78, 5) is 0. The fourth-order valence-electron chi connectivity index (χ4n) is 2.29. The van der Waals surface area contributed by atoms with Crippen LogP contribution in [0.2, 0.25) is 0 Å². The first-order chi connectivity index (χ1) is 9.48. The van der Waals surface area contributed by atoms with Gasteiger partial charge in [-0.05, 0) is 22.9 Å². The lowest BCUT2D eigenvalue weighted by Crippen LogP contribution is -2.42. The first kappa shape index (κ1) is 14.8. The average molecular weight is 285 g/mol. The summed E-state index contributed by atoms with van der Waals surface area (Å²) in [6, 6.07) is 10.0. The molecule has 0 radical (unpaired) electrons. The van der Waals surface area contributed by atoms with Crippen LogP contribution in [0.5, 0.6) is 0 Å². The van der Waals surface area contributed by atoms with Crippen molar-refractivity contribution in [2.45, 2.75) is 25.3 Å². The third-order valence-electron chi connectivity index (χ3n) is 3.22. The Morgan fingerprint density at radius 2 is 1.70 bits per heavy atom. The van der Waals surface area contributed by atoms with Gasteiger partial charge < -0.3 is 5.32 Å². The first-order valence-corrected chi connectivity index (χ1v) is 6.35. The average Bonchev–Trinajstić information content (AvgIpc) is 2.44. The second kappa shape index (κ2) is 5.79. The molecule has 0 aromatic heterocycles. The second-order valence-electron chi connectivity index (χ2n) is 4.53. The Bertz CT molecular complexity index is 578. The summed E-state index contributed by atoms with van der Waals surface area (Å²) in [7, 11) is 0. The number of rotatable bonds is 5. The van der Waals surface area contributed by atoms with Crippen molar-refractivity contribution >= 4 is 10.8 Å². The molecule has 2 aromatic carbocycles. The highest BCUT2D eigenvalue weighted by atomic mass is 19.3. The molecule has 0 aliphatic heterocycles. The molecule has 0 aliphatic rings. The lowest BCUT2D eigenvalue weighted by molar-refractivity contribution is -0.151. The largest absolute Gasteiger partial charge is 0.326 e. The van der Waals surface area contributed by atoms with E-state index in [1.165, 1.54) is 6.07 Å². The molecule has 0 fully saturated rings. The van der Waals surface area contributed by atoms with Crippen molar-refractivity contribution in [2.24, 2.45) is 0 Å². The predicted octanol–water partition coefficient (Wildman–Crippen LogP) is 4.39. The monoisotopic (exact) mass is 285 g/mol. The van der Waals surface area contributed by atoms with Gasteiger partial charge in [0.2, 0.25) is 0 Å². The van der Waals surface area contributed by atoms with Gasteiger partial charge in [-0.1, -0.05) is 49.4 Å². The van der Waals surface area contributed by atoms with Crippen LogP contribution >= 0.6 is 0 Å². The highest BCUT2D eigenvalue weighted by molar-refractivity contribution is 5.86. The van der Waals surface area contributed by atoms with E-state index in [0.717, 1.165) is 5.39 Å². The van der Waals surface area contributed by atoms with E-state index in [0.29, 0.717) is 5.39 Å². The van der Waals surface area contributed by atoms with E-state index in [4.69, 9.17) is 0 Å². The molecule has 2 rings (SSSR count). The maximum absolute atomic E-state index is 13.8. The molecule has 0 amide bonds. The van der Waals surface area contributed by atoms with Gasteiger partial charge in [-0.3, -0.25) is 0 Å². The topological polar surface area (TPSA) is 12.0 Å². The summed E-state index contributed by atoms with van der Waals surface area (Å²) in [6.07, 6.45) is -3.72. The van der Waals surface area contributed by atoms with Gasteiger partial charge in [-0.2, -0.15) is 8.78 Å². The van der Waals surface area contributed by atoms with Crippen LogP contribution in [0, 0.1) is 0 Å². The number of fused-ring (bicyclic) bond motifs is 1. The zero-order valence-electron chi connectivity index (χ0n) is 10.9. The van der Waals surface area contributed by atoms with Gasteiger partial charge in [0.05, 0.1) is 0 Å². The van der Waals surface area contributed by atoms with Crippen molar-refractivity contribution in [1.29, 1.82) is 0 Å². The molecule has 108 valence electrons. The van der Waals surface area contributed by atoms with Crippen LogP contribution in [0.1, 0.15) is 18.5 Å². The van der Waals surface area contributed by atoms with Gasteiger partial charge in [0.1, 0.15) is 6.04 Å². The van der Waals surface area contributed by atoms with E-state index in [1.54, 1.807) is 43.3 Å². The molecular weight excluding hydrogens is 270 g/mol. The van der Waals surface area contributed by atoms with Crippen LogP contribution in [0.15, 0.2) is 42.5 Å². The molecule has 0 heterocycles. The molecule has 20 heavy (non-hydrogen) atoms. The Morgan fingerprint density at radius 3 is 2.35 bits per heavy atom. The molecule has 0 bridgehead atoms. The summed E-state index contributed by atoms with van der Waals surface area (Å²) >= 11 is 0. The molecule has 1 unspecified atom stereocenters. The van der Waals surface area contributed by atoms with Crippen LogP contribution in [-0.4, -0.2) is 18.9 Å². The van der Waals surface area contributed by atoms with Crippen molar-refractivity contribution in [3.63, 3.8) is 0 Å². The number of nitrogens with one attached hydrogen (secondary N) is 1. The summed E-state index contributed by atoms with van der Waals surface area (Å²) in [6.45, 7) is 1.79. The Kier molecular flexibility index (Phi) is 4.28. The van der Waals surface area contributed by atoms with Crippen LogP contribution in [0.4, 0.5) is 17.6 Å². The van der Waals surface area contributed by atoms with Crippen molar-refractivity contribution in [3.05, 3.63) is 48.0 Å². The van der Waals surface area contributed by atoms with Gasteiger partial charge in [-0.25, -0.2) is 8.78 Å². The maximum atomic E-state index is 13.8. The number of hydrogen-bond donors (Lipinski definition) is 1. The van der Waals surface area contributed by atoms with Crippen molar-refractivity contribution in [2.75, 3.05) is 6.54 Å². The Hall–Kier alpha value is -1.62. The number of hydrogen-bond acceptors (Lipinski definition) is 1. The van der Waals surface area contributed by atoms with Crippen LogP contribution < -0.4 is 5.32 Å². The normalized spacial score (nSPS) is 13.9. The molecule has 5 heteroatoms. The quantitative estimate of drug-likeness (QED) is 0.803. The molecule has 1 N–H and O–H groups in total. The van der Waals surface area contributed by atoms with Gasteiger partial charge in [0, 0.05) is 0 Å². The number of alkyl halides is 4. The summed E-state index contributed by atoms with van der Waals surface area (Å²) in [5.74, 6) is -4.12. The summed E-state index contributed by atoms with van der Waals surface area (Å²) in [5.41, 5.74) is 0.190. The van der Waals surface area contributed by atoms with Crippen molar-refractivity contribution in [1.82, 2.24) is 5.32 Å². The molecule has 0 saturated carbocycles. The van der Waals surface area contributed by atoms with Gasteiger partial charge in [0.25, 0.3) is 0 Å². The molecule has 0 aliphatic carbocycles. The minimum absolute atomic E-state index is 0.177. The van der Waals surface area contributed by atoms with E-state index >= 15 is 0 Å². The fraction of sp³-hybridized carbons (Fsp3) is 0.333. The Labute approximate surface area is 114 Å². The van der Waals surface area contributed by atoms with E-state index in [9.17, 15) is 17.6 Å². The SMILES string of the molecule is CCNC(c1cccc2ccccc12)C(F)(F)C(F)F. The van der Waals surface area contributed by atoms with Crippen LogP contribution in [0.3, 0.4) is 0 Å². The van der Waals surface area contributed by atoms with Gasteiger partial charge >= 0.3 is 12.3 Å². The minimum Gasteiger partial charge on any atom is -0.305 e. The molecule has 1 atom stereocenters. The van der Waals surface area contributed by atoms with E-state index in [2.05, 4.69) is 5.32 Å². The summed E-state index contributed by atoms with van der Waals surface area (Å²) in [5, 5.41) is 3.79. The predicted molar refractivity (Wildman–Crippen MR) is 71.3 cm³/mol. The molecule has 0 spiro atoms. The lowest BCUT2D eigenvalue weighted by Gasteiger charge is -2.28. The zero-order valence-corrected chi connectivity index (χ0v) is 10.9. The van der Waals surface area contributed by atoms with E-state index in [1.807, 2.05) is 0 Å². The van der Waals surface area contributed by atoms with Gasteiger partial charge in [-0.15, -0.1) is 0 Å². The second-order valence-corrected chi connectivity index (χ2v) is 4.53. The third-order valence-corrected chi connectivity index (χ3v) is 3.22. The fourth-order valence-corrected chi connectivity index (χ4v) is 2.29. The Balaban J connectivity index is 2.58. The number of benzene rings is 2. The zero-order chi connectivity index (χ0) is 14.8. The third kappa shape index (κ3) is 2.63. The Morgan fingerprint density at radius 1 is 1.05 bits per heavy atom. The highest BCUT2D eigenvalue weighted by Gasteiger charge is 2.49. The molecule has 1 nitrogen and oxygen atoms in total. The van der Waals surface area contributed by atoms with E-state index < -0.39 is 18.4 Å². The van der Waals surface area contributed by atoms with Crippen LogP contribution in [-0.2, 0) is 0 Å². The number of halogens is 4. The standard InChI is InChI=1S/C15H15F4N/c1-2-20-13(15(18,19)14(16)17)12-9-5-7-10-6-3-4-8-11(10)12/h3-9,13-14,20H,2H2,1H3. The molecular formula is C15H15F4N. The first-order valence-electron chi connectivity index (χ1n) is 6.35. The summed E-state index contributed by atoms with van der Waals surface area (Å²) < 4.78 is 53.0. The maximum Gasteiger partial charge on any atom is 0.326 e.